The van der Waals surface area contributed by atoms with E-state index in [2.05, 4.69) is 6.92 Å². The molecule has 0 aliphatic heterocycles. The largest absolute Gasteiger partial charge is 0.243 e. The lowest BCUT2D eigenvalue weighted by atomic mass is 10.1. The summed E-state index contributed by atoms with van der Waals surface area (Å²) in [5, 5.41) is 0. The molecule has 4 heteroatoms. The molecule has 3 aromatic carbocycles. The fourth-order valence-corrected chi connectivity index (χ4v) is 4.48. The molecule has 0 heterocycles. The Morgan fingerprint density at radius 1 is 0.667 bits per heavy atom. The predicted octanol–water partition coefficient (Wildman–Crippen LogP) is 5.03. The Kier molecular flexibility index (Phi) is 6.43. The van der Waals surface area contributed by atoms with Gasteiger partial charge in [0.1, 0.15) is 0 Å². The van der Waals surface area contributed by atoms with Crippen LogP contribution in [0.2, 0.25) is 0 Å². The topological polar surface area (TPSA) is 37.4 Å². The Morgan fingerprint density at radius 3 is 1.59 bits per heavy atom. The van der Waals surface area contributed by atoms with Crippen molar-refractivity contribution < 1.29 is 8.42 Å². The van der Waals surface area contributed by atoms with Gasteiger partial charge in [0, 0.05) is 13.1 Å². The summed E-state index contributed by atoms with van der Waals surface area (Å²) in [7, 11) is -3.60. The van der Waals surface area contributed by atoms with E-state index in [9.17, 15) is 8.42 Å². The molecule has 0 aliphatic rings. The van der Waals surface area contributed by atoms with Gasteiger partial charge in [-0.05, 0) is 35.2 Å². The maximum Gasteiger partial charge on any atom is 0.243 e. The van der Waals surface area contributed by atoms with Crippen molar-refractivity contribution in [2.45, 2.75) is 37.8 Å². The Bertz CT molecular complexity index is 895. The van der Waals surface area contributed by atoms with E-state index in [1.54, 1.807) is 16.4 Å². The molecule has 0 aromatic heterocycles. The molecular formula is C23H25NO2S. The van der Waals surface area contributed by atoms with Gasteiger partial charge in [0.2, 0.25) is 10.0 Å². The van der Waals surface area contributed by atoms with Crippen molar-refractivity contribution in [2.24, 2.45) is 0 Å². The van der Waals surface area contributed by atoms with E-state index >= 15 is 0 Å². The lowest BCUT2D eigenvalue weighted by molar-refractivity contribution is 0.401. The smallest absolute Gasteiger partial charge is 0.207 e. The number of aryl methyl sites for hydroxylation is 1. The van der Waals surface area contributed by atoms with Crippen LogP contribution in [0.3, 0.4) is 0 Å². The summed E-state index contributed by atoms with van der Waals surface area (Å²) in [4.78, 5) is 0.342. The monoisotopic (exact) mass is 379 g/mol. The van der Waals surface area contributed by atoms with Crippen LogP contribution in [-0.2, 0) is 29.5 Å². The van der Waals surface area contributed by atoms with Crippen molar-refractivity contribution in [3.8, 4) is 0 Å². The molecule has 0 spiro atoms. The number of sulfonamides is 1. The second-order valence-corrected chi connectivity index (χ2v) is 8.58. The van der Waals surface area contributed by atoms with Crippen molar-refractivity contribution >= 4 is 10.0 Å². The van der Waals surface area contributed by atoms with E-state index in [0.717, 1.165) is 29.5 Å². The summed E-state index contributed by atoms with van der Waals surface area (Å²) in [5.74, 6) is 0. The molecule has 0 amide bonds. The first kappa shape index (κ1) is 19.3. The number of hydrogen-bond donors (Lipinski definition) is 0. The fraction of sp³-hybridized carbons (Fsp3) is 0.217. The van der Waals surface area contributed by atoms with Gasteiger partial charge in [0.25, 0.3) is 0 Å². The molecule has 3 rings (SSSR count). The van der Waals surface area contributed by atoms with Gasteiger partial charge in [-0.25, -0.2) is 8.42 Å². The highest BCUT2D eigenvalue weighted by Gasteiger charge is 2.25. The van der Waals surface area contributed by atoms with Crippen molar-refractivity contribution in [3.63, 3.8) is 0 Å². The Hall–Kier alpha value is -2.43. The summed E-state index contributed by atoms with van der Waals surface area (Å²) < 4.78 is 28.2. The SMILES string of the molecule is CCCc1ccc(S(=O)(=O)N(Cc2ccccc2)Cc2ccccc2)cc1. The molecule has 3 aromatic rings. The molecule has 27 heavy (non-hydrogen) atoms. The maximum absolute atomic E-state index is 13.3. The highest BCUT2D eigenvalue weighted by atomic mass is 32.2. The zero-order valence-corrected chi connectivity index (χ0v) is 16.4. The molecule has 0 radical (unpaired) electrons. The zero-order valence-electron chi connectivity index (χ0n) is 15.6. The van der Waals surface area contributed by atoms with Crippen LogP contribution in [0.5, 0.6) is 0 Å². The predicted molar refractivity (Wildman–Crippen MR) is 110 cm³/mol. The van der Waals surface area contributed by atoms with Crippen molar-refractivity contribution in [2.75, 3.05) is 0 Å². The number of nitrogens with zero attached hydrogens (tertiary/aromatic N) is 1. The molecule has 140 valence electrons. The normalized spacial score (nSPS) is 11.6. The van der Waals surface area contributed by atoms with Crippen molar-refractivity contribution in [3.05, 3.63) is 102 Å². The molecular weight excluding hydrogens is 354 g/mol. The molecule has 0 aliphatic carbocycles. The van der Waals surface area contributed by atoms with Gasteiger partial charge < -0.3 is 0 Å². The molecule has 0 unspecified atom stereocenters. The number of hydrogen-bond acceptors (Lipinski definition) is 2. The van der Waals surface area contributed by atoms with Crippen LogP contribution in [0.25, 0.3) is 0 Å². The second-order valence-electron chi connectivity index (χ2n) is 6.64. The fourth-order valence-electron chi connectivity index (χ4n) is 3.07. The van der Waals surface area contributed by atoms with Crippen molar-refractivity contribution in [1.82, 2.24) is 4.31 Å². The third kappa shape index (κ3) is 5.06. The van der Waals surface area contributed by atoms with Crippen LogP contribution >= 0.6 is 0 Å². The molecule has 3 nitrogen and oxygen atoms in total. The Morgan fingerprint density at radius 2 is 1.15 bits per heavy atom. The van der Waals surface area contributed by atoms with Gasteiger partial charge in [-0.3, -0.25) is 0 Å². The lowest BCUT2D eigenvalue weighted by Crippen LogP contribution is -2.30. The van der Waals surface area contributed by atoms with Crippen LogP contribution in [-0.4, -0.2) is 12.7 Å². The Labute approximate surface area is 162 Å². The van der Waals surface area contributed by atoms with Crippen molar-refractivity contribution in [1.29, 1.82) is 0 Å². The second kappa shape index (κ2) is 8.98. The van der Waals surface area contributed by atoms with E-state index in [4.69, 9.17) is 0 Å². The lowest BCUT2D eigenvalue weighted by Gasteiger charge is -2.23. The van der Waals surface area contributed by atoms with Crippen LogP contribution in [0.4, 0.5) is 0 Å². The molecule has 0 bridgehead atoms. The summed E-state index contributed by atoms with van der Waals surface area (Å²) in [6.45, 7) is 2.80. The average Bonchev–Trinajstić information content (AvgIpc) is 2.70. The van der Waals surface area contributed by atoms with Crippen LogP contribution < -0.4 is 0 Å². The minimum atomic E-state index is -3.60. The van der Waals surface area contributed by atoms with Crippen LogP contribution in [0.1, 0.15) is 30.0 Å². The minimum Gasteiger partial charge on any atom is -0.207 e. The van der Waals surface area contributed by atoms with Gasteiger partial charge in [0.05, 0.1) is 4.90 Å². The minimum absolute atomic E-state index is 0.342. The third-order valence-corrected chi connectivity index (χ3v) is 6.31. The highest BCUT2D eigenvalue weighted by Crippen LogP contribution is 2.22. The van der Waals surface area contributed by atoms with E-state index in [1.165, 1.54) is 0 Å². The van der Waals surface area contributed by atoms with E-state index in [1.807, 2.05) is 72.8 Å². The number of benzene rings is 3. The van der Waals surface area contributed by atoms with E-state index < -0.39 is 10.0 Å². The molecule has 0 saturated carbocycles. The first-order valence-electron chi connectivity index (χ1n) is 9.26. The molecule has 0 atom stereocenters. The third-order valence-electron chi connectivity index (χ3n) is 4.50. The zero-order chi connectivity index (χ0) is 19.1. The van der Waals surface area contributed by atoms with Gasteiger partial charge >= 0.3 is 0 Å². The summed E-state index contributed by atoms with van der Waals surface area (Å²) in [6.07, 6.45) is 2.00. The van der Waals surface area contributed by atoms with Crippen LogP contribution in [0, 0.1) is 0 Å². The molecule has 0 N–H and O–H groups in total. The maximum atomic E-state index is 13.3. The first-order valence-corrected chi connectivity index (χ1v) is 10.7. The standard InChI is InChI=1S/C23H25NO2S/c1-2-9-20-14-16-23(17-15-20)27(25,26)24(18-21-10-5-3-6-11-21)19-22-12-7-4-8-13-22/h3-8,10-17H,2,9,18-19H2,1H3. The highest BCUT2D eigenvalue weighted by molar-refractivity contribution is 7.89. The van der Waals surface area contributed by atoms with Gasteiger partial charge in [-0.1, -0.05) is 86.1 Å². The van der Waals surface area contributed by atoms with Crippen LogP contribution in [0.15, 0.2) is 89.8 Å². The summed E-state index contributed by atoms with van der Waals surface area (Å²) in [5.41, 5.74) is 3.10. The average molecular weight is 380 g/mol. The van der Waals surface area contributed by atoms with Gasteiger partial charge in [0.15, 0.2) is 0 Å². The van der Waals surface area contributed by atoms with Gasteiger partial charge in [-0.15, -0.1) is 0 Å². The summed E-state index contributed by atoms with van der Waals surface area (Å²) >= 11 is 0. The Balaban J connectivity index is 1.92. The molecule has 0 saturated heterocycles. The van der Waals surface area contributed by atoms with E-state index in [0.29, 0.717) is 18.0 Å². The van der Waals surface area contributed by atoms with E-state index in [-0.39, 0.29) is 0 Å². The molecule has 0 fully saturated rings. The quantitative estimate of drug-likeness (QED) is 0.550. The first-order chi connectivity index (χ1) is 13.1. The van der Waals surface area contributed by atoms with Gasteiger partial charge in [-0.2, -0.15) is 4.31 Å². The summed E-state index contributed by atoms with van der Waals surface area (Å²) in [6, 6.07) is 26.7. The number of rotatable bonds is 8.